The second-order valence-corrected chi connectivity index (χ2v) is 8.73. The predicted molar refractivity (Wildman–Crippen MR) is 129 cm³/mol. The monoisotopic (exact) mass is 459 g/mol. The fraction of sp³-hybridized carbons (Fsp3) is 0.259. The number of ether oxygens (including phenoxy) is 1. The van der Waals surface area contributed by atoms with Crippen LogP contribution in [0.2, 0.25) is 0 Å². The van der Waals surface area contributed by atoms with Crippen LogP contribution in [0.15, 0.2) is 72.8 Å². The topological polar surface area (TPSA) is 67.6 Å². The van der Waals surface area contributed by atoms with E-state index in [0.717, 1.165) is 22.4 Å². The molecule has 1 aliphatic rings. The molecule has 1 saturated heterocycles. The Morgan fingerprint density at radius 1 is 1.12 bits per heavy atom. The van der Waals surface area contributed by atoms with E-state index in [2.05, 4.69) is 0 Å². The molecule has 34 heavy (non-hydrogen) atoms. The van der Waals surface area contributed by atoms with Crippen molar-refractivity contribution in [3.05, 3.63) is 90.0 Å². The number of hydrogen-bond donors (Lipinski definition) is 1. The molecule has 0 spiro atoms. The van der Waals surface area contributed by atoms with Gasteiger partial charge >= 0.3 is 0 Å². The molecule has 1 amide bonds. The summed E-state index contributed by atoms with van der Waals surface area (Å²) in [7, 11) is 0. The first kappa shape index (κ1) is 22.1. The van der Waals surface area contributed by atoms with Gasteiger partial charge in [0.05, 0.1) is 17.6 Å². The predicted octanol–water partition coefficient (Wildman–Crippen LogP) is 4.44. The Balaban J connectivity index is 1.38. The summed E-state index contributed by atoms with van der Waals surface area (Å²) in [6, 6.07) is 21.5. The maximum Gasteiger partial charge on any atom is 0.227 e. The zero-order valence-electron chi connectivity index (χ0n) is 18.9. The van der Waals surface area contributed by atoms with Crippen LogP contribution < -0.4 is 9.64 Å². The van der Waals surface area contributed by atoms with Crippen molar-refractivity contribution in [3.8, 4) is 5.75 Å². The van der Waals surface area contributed by atoms with Crippen molar-refractivity contribution in [2.24, 2.45) is 0 Å². The Morgan fingerprint density at radius 3 is 2.71 bits per heavy atom. The van der Waals surface area contributed by atoms with Crippen molar-refractivity contribution in [1.29, 1.82) is 0 Å². The van der Waals surface area contributed by atoms with Gasteiger partial charge in [0.1, 0.15) is 30.1 Å². The Morgan fingerprint density at radius 2 is 1.91 bits per heavy atom. The summed E-state index contributed by atoms with van der Waals surface area (Å²) in [5.41, 5.74) is 3.38. The van der Waals surface area contributed by atoms with E-state index in [9.17, 15) is 14.3 Å². The summed E-state index contributed by atoms with van der Waals surface area (Å²) in [5, 5.41) is 10.8. The highest BCUT2D eigenvalue weighted by molar-refractivity contribution is 5.96. The molecule has 3 aromatic carbocycles. The number of para-hydroxylation sites is 2. The van der Waals surface area contributed by atoms with E-state index in [1.54, 1.807) is 17.0 Å². The lowest BCUT2D eigenvalue weighted by atomic mass is 10.1. The Bertz CT molecular complexity index is 1320. The highest BCUT2D eigenvalue weighted by Crippen LogP contribution is 2.33. The number of carbonyl (C=O) groups is 1. The normalized spacial score (nSPS) is 16.9. The molecule has 4 aromatic rings. The molecule has 1 fully saturated rings. The van der Waals surface area contributed by atoms with Crippen LogP contribution in [0.3, 0.4) is 0 Å². The SMILES string of the molecule is Cc1ccc(OCC(O)Cn2c(C3CC(=O)N(c4cccc(F)c4)C3)nc3ccccc32)cc1. The van der Waals surface area contributed by atoms with Crippen LogP contribution >= 0.6 is 0 Å². The number of nitrogens with zero attached hydrogens (tertiary/aromatic N) is 3. The van der Waals surface area contributed by atoms with Gasteiger partial charge in [0, 0.05) is 24.6 Å². The van der Waals surface area contributed by atoms with Gasteiger partial charge in [-0.25, -0.2) is 9.37 Å². The van der Waals surface area contributed by atoms with Gasteiger partial charge in [0.2, 0.25) is 5.91 Å². The van der Waals surface area contributed by atoms with Crippen LogP contribution in [-0.4, -0.2) is 39.8 Å². The van der Waals surface area contributed by atoms with Crippen molar-refractivity contribution >= 4 is 22.6 Å². The number of carbonyl (C=O) groups excluding carboxylic acids is 1. The highest BCUT2D eigenvalue weighted by atomic mass is 19.1. The average molecular weight is 460 g/mol. The molecule has 6 nitrogen and oxygen atoms in total. The number of fused-ring (bicyclic) bond motifs is 1. The zero-order chi connectivity index (χ0) is 23.7. The first-order chi connectivity index (χ1) is 16.5. The van der Waals surface area contributed by atoms with Crippen molar-refractivity contribution in [2.75, 3.05) is 18.1 Å². The van der Waals surface area contributed by atoms with Gasteiger partial charge in [-0.15, -0.1) is 0 Å². The molecule has 0 radical (unpaired) electrons. The fourth-order valence-corrected chi connectivity index (χ4v) is 4.46. The van der Waals surface area contributed by atoms with Gasteiger partial charge in [0.15, 0.2) is 0 Å². The minimum Gasteiger partial charge on any atom is -0.491 e. The van der Waals surface area contributed by atoms with Gasteiger partial charge in [-0.05, 0) is 49.4 Å². The standard InChI is InChI=1S/C27H26FN3O3/c1-18-9-11-23(12-10-18)34-17-22(32)16-31-25-8-3-2-7-24(25)29-27(31)19-13-26(33)30(15-19)21-6-4-5-20(28)14-21/h2-12,14,19,22,32H,13,15-17H2,1H3. The van der Waals surface area contributed by atoms with Gasteiger partial charge in [-0.3, -0.25) is 4.79 Å². The third-order valence-corrected chi connectivity index (χ3v) is 6.15. The van der Waals surface area contributed by atoms with E-state index in [-0.39, 0.29) is 37.2 Å². The molecule has 0 aliphatic carbocycles. The minimum atomic E-state index is -0.769. The molecule has 174 valence electrons. The molecule has 0 saturated carbocycles. The number of aryl methyl sites for hydroxylation is 1. The van der Waals surface area contributed by atoms with E-state index >= 15 is 0 Å². The second-order valence-electron chi connectivity index (χ2n) is 8.73. The van der Waals surface area contributed by atoms with Crippen LogP contribution in [0.4, 0.5) is 10.1 Å². The summed E-state index contributed by atoms with van der Waals surface area (Å²) in [6.07, 6.45) is -0.496. The number of aliphatic hydroxyl groups excluding tert-OH is 1. The van der Waals surface area contributed by atoms with Gasteiger partial charge in [-0.2, -0.15) is 0 Å². The van der Waals surface area contributed by atoms with Crippen LogP contribution in [0.5, 0.6) is 5.75 Å². The molecule has 1 aliphatic heterocycles. The lowest BCUT2D eigenvalue weighted by Crippen LogP contribution is -2.26. The third kappa shape index (κ3) is 4.52. The Kier molecular flexibility index (Phi) is 6.02. The fourth-order valence-electron chi connectivity index (χ4n) is 4.46. The summed E-state index contributed by atoms with van der Waals surface area (Å²) < 4.78 is 21.5. The third-order valence-electron chi connectivity index (χ3n) is 6.15. The van der Waals surface area contributed by atoms with Crippen molar-refractivity contribution in [2.45, 2.75) is 31.9 Å². The van der Waals surface area contributed by atoms with E-state index in [4.69, 9.17) is 9.72 Å². The molecular formula is C27H26FN3O3. The van der Waals surface area contributed by atoms with Crippen molar-refractivity contribution in [1.82, 2.24) is 9.55 Å². The first-order valence-electron chi connectivity index (χ1n) is 11.4. The largest absolute Gasteiger partial charge is 0.491 e. The van der Waals surface area contributed by atoms with Gasteiger partial charge in [-0.1, -0.05) is 35.9 Å². The molecule has 0 bridgehead atoms. The molecular weight excluding hydrogens is 433 g/mol. The zero-order valence-corrected chi connectivity index (χ0v) is 18.9. The van der Waals surface area contributed by atoms with Gasteiger partial charge in [0.25, 0.3) is 0 Å². The summed E-state index contributed by atoms with van der Waals surface area (Å²) >= 11 is 0. The molecule has 7 heteroatoms. The number of aliphatic hydroxyl groups is 1. The van der Waals surface area contributed by atoms with Crippen molar-refractivity contribution in [3.63, 3.8) is 0 Å². The maximum atomic E-state index is 13.7. The number of imidazole rings is 1. The van der Waals surface area contributed by atoms with Crippen LogP contribution in [0.1, 0.15) is 23.7 Å². The van der Waals surface area contributed by atoms with Gasteiger partial charge < -0.3 is 19.3 Å². The van der Waals surface area contributed by atoms with Crippen LogP contribution in [-0.2, 0) is 11.3 Å². The lowest BCUT2D eigenvalue weighted by molar-refractivity contribution is -0.117. The summed E-state index contributed by atoms with van der Waals surface area (Å²) in [5.74, 6) is 0.818. The van der Waals surface area contributed by atoms with E-state index in [0.29, 0.717) is 18.0 Å². The number of rotatable bonds is 7. The molecule has 5 rings (SSSR count). The smallest absolute Gasteiger partial charge is 0.227 e. The number of aromatic nitrogens is 2. The van der Waals surface area contributed by atoms with Crippen molar-refractivity contribution < 1.29 is 19.0 Å². The van der Waals surface area contributed by atoms with Crippen LogP contribution in [0.25, 0.3) is 11.0 Å². The average Bonchev–Trinajstić information content (AvgIpc) is 3.39. The summed E-state index contributed by atoms with van der Waals surface area (Å²) in [6.45, 7) is 2.83. The molecule has 2 unspecified atom stereocenters. The van der Waals surface area contributed by atoms with E-state index in [1.165, 1.54) is 12.1 Å². The van der Waals surface area contributed by atoms with E-state index in [1.807, 2.05) is 60.0 Å². The first-order valence-corrected chi connectivity index (χ1v) is 11.4. The van der Waals surface area contributed by atoms with Crippen LogP contribution in [0, 0.1) is 12.7 Å². The number of amides is 1. The second kappa shape index (κ2) is 9.27. The molecule has 1 aromatic heterocycles. The Hall–Kier alpha value is -3.71. The molecule has 2 atom stereocenters. The van der Waals surface area contributed by atoms with E-state index < -0.39 is 6.10 Å². The summed E-state index contributed by atoms with van der Waals surface area (Å²) in [4.78, 5) is 19.2. The maximum absolute atomic E-state index is 13.7. The number of hydrogen-bond acceptors (Lipinski definition) is 4. The quantitative estimate of drug-likeness (QED) is 0.444. The highest BCUT2D eigenvalue weighted by Gasteiger charge is 2.35. The number of halogens is 1. The number of anilines is 1. The minimum absolute atomic E-state index is 0.0718. The Labute approximate surface area is 197 Å². The molecule has 2 heterocycles. The number of benzene rings is 3. The molecule has 1 N–H and O–H groups in total. The lowest BCUT2D eigenvalue weighted by Gasteiger charge is -2.19.